The van der Waals surface area contributed by atoms with Crippen molar-refractivity contribution >= 4 is 0 Å². The van der Waals surface area contributed by atoms with E-state index in [1.807, 2.05) is 0 Å². The van der Waals surface area contributed by atoms with Crippen LogP contribution in [0.5, 0.6) is 0 Å². The standard InChI is InChI=1S/C11H15F3N2O2/c1-7-8(10(15)11(12,13)14)3-4-9(17)16(7)5-6-18-2/h3-4,10H,5-6,15H2,1-2H3. The van der Waals surface area contributed by atoms with Gasteiger partial charge in [0.2, 0.25) is 0 Å². The maximum Gasteiger partial charge on any atom is 0.407 e. The molecule has 2 N–H and O–H groups in total. The number of aromatic nitrogens is 1. The Morgan fingerprint density at radius 3 is 2.56 bits per heavy atom. The smallest absolute Gasteiger partial charge is 0.383 e. The van der Waals surface area contributed by atoms with Crippen LogP contribution in [0.25, 0.3) is 0 Å². The van der Waals surface area contributed by atoms with Crippen LogP contribution in [0.2, 0.25) is 0 Å². The number of hydrogen-bond donors (Lipinski definition) is 1. The number of ether oxygens (including phenoxy) is 1. The van der Waals surface area contributed by atoms with Crippen LogP contribution < -0.4 is 11.3 Å². The molecule has 1 unspecified atom stereocenters. The minimum absolute atomic E-state index is 0.0989. The molecule has 7 heteroatoms. The SMILES string of the molecule is COCCn1c(C)c(C(N)C(F)(F)F)ccc1=O. The Morgan fingerprint density at radius 2 is 2.06 bits per heavy atom. The van der Waals surface area contributed by atoms with Crippen molar-refractivity contribution in [3.63, 3.8) is 0 Å². The molecule has 0 saturated carbocycles. The van der Waals surface area contributed by atoms with Crippen molar-refractivity contribution in [2.24, 2.45) is 5.73 Å². The van der Waals surface area contributed by atoms with Gasteiger partial charge < -0.3 is 15.0 Å². The molecule has 0 aliphatic heterocycles. The average molecular weight is 264 g/mol. The number of methoxy groups -OCH3 is 1. The van der Waals surface area contributed by atoms with Crippen molar-refractivity contribution in [2.45, 2.75) is 25.7 Å². The highest BCUT2D eigenvalue weighted by atomic mass is 19.4. The summed E-state index contributed by atoms with van der Waals surface area (Å²) in [5.41, 5.74) is 4.89. The molecule has 18 heavy (non-hydrogen) atoms. The Balaban J connectivity index is 3.20. The Labute approximate surface area is 102 Å². The van der Waals surface area contributed by atoms with Crippen LogP contribution in [0.15, 0.2) is 16.9 Å². The molecule has 1 heterocycles. The molecule has 0 bridgehead atoms. The van der Waals surface area contributed by atoms with Crippen LogP contribution in [0.3, 0.4) is 0 Å². The van der Waals surface area contributed by atoms with E-state index >= 15 is 0 Å². The van der Waals surface area contributed by atoms with E-state index in [0.717, 1.165) is 12.1 Å². The lowest BCUT2D eigenvalue weighted by molar-refractivity contribution is -0.149. The molecule has 4 nitrogen and oxygen atoms in total. The van der Waals surface area contributed by atoms with E-state index in [1.165, 1.54) is 18.6 Å². The van der Waals surface area contributed by atoms with Gasteiger partial charge in [0.05, 0.1) is 6.61 Å². The zero-order valence-electron chi connectivity index (χ0n) is 10.1. The summed E-state index contributed by atoms with van der Waals surface area (Å²) in [7, 11) is 1.45. The van der Waals surface area contributed by atoms with Gasteiger partial charge in [0, 0.05) is 25.4 Å². The summed E-state index contributed by atoms with van der Waals surface area (Å²) < 4.78 is 43.7. The van der Waals surface area contributed by atoms with Crippen LogP contribution in [0.4, 0.5) is 13.2 Å². The van der Waals surface area contributed by atoms with Gasteiger partial charge in [0.1, 0.15) is 6.04 Å². The molecule has 0 fully saturated rings. The van der Waals surface area contributed by atoms with Crippen LogP contribution in [0.1, 0.15) is 17.3 Å². The predicted molar refractivity (Wildman–Crippen MR) is 60.3 cm³/mol. The Hall–Kier alpha value is -1.34. The molecular weight excluding hydrogens is 249 g/mol. The van der Waals surface area contributed by atoms with Crippen LogP contribution in [-0.4, -0.2) is 24.5 Å². The first-order valence-electron chi connectivity index (χ1n) is 5.30. The second kappa shape index (κ2) is 5.53. The van der Waals surface area contributed by atoms with Crippen molar-refractivity contribution < 1.29 is 17.9 Å². The molecular formula is C11H15F3N2O2. The van der Waals surface area contributed by atoms with E-state index in [-0.39, 0.29) is 30.0 Å². The van der Waals surface area contributed by atoms with Gasteiger partial charge >= 0.3 is 6.18 Å². The zero-order chi connectivity index (χ0) is 13.9. The Kier molecular flexibility index (Phi) is 4.53. The van der Waals surface area contributed by atoms with Crippen LogP contribution in [0, 0.1) is 6.92 Å². The van der Waals surface area contributed by atoms with Crippen molar-refractivity contribution in [1.29, 1.82) is 0 Å². The topological polar surface area (TPSA) is 57.2 Å². The second-order valence-electron chi connectivity index (χ2n) is 3.88. The molecule has 0 radical (unpaired) electrons. The minimum atomic E-state index is -4.53. The molecule has 0 amide bonds. The lowest BCUT2D eigenvalue weighted by Gasteiger charge is -2.20. The van der Waals surface area contributed by atoms with Gasteiger partial charge in [-0.3, -0.25) is 4.79 Å². The third-order valence-electron chi connectivity index (χ3n) is 2.70. The van der Waals surface area contributed by atoms with Crippen molar-refractivity contribution in [3.8, 4) is 0 Å². The lowest BCUT2D eigenvalue weighted by Crippen LogP contribution is -2.32. The normalized spacial score (nSPS) is 13.7. The number of rotatable bonds is 4. The molecule has 1 atom stereocenters. The largest absolute Gasteiger partial charge is 0.407 e. The fourth-order valence-corrected chi connectivity index (χ4v) is 1.66. The second-order valence-corrected chi connectivity index (χ2v) is 3.88. The average Bonchev–Trinajstić information content (AvgIpc) is 2.27. The van der Waals surface area contributed by atoms with E-state index in [1.54, 1.807) is 0 Å². The molecule has 0 spiro atoms. The number of nitrogens with zero attached hydrogens (tertiary/aromatic N) is 1. The number of halogens is 3. The third-order valence-corrected chi connectivity index (χ3v) is 2.70. The summed E-state index contributed by atoms with van der Waals surface area (Å²) in [6, 6.07) is 0.120. The highest BCUT2D eigenvalue weighted by Crippen LogP contribution is 2.31. The van der Waals surface area contributed by atoms with Gasteiger partial charge in [-0.05, 0) is 18.6 Å². The van der Waals surface area contributed by atoms with Crippen molar-refractivity contribution in [3.05, 3.63) is 33.7 Å². The minimum Gasteiger partial charge on any atom is -0.383 e. The molecule has 0 aliphatic carbocycles. The lowest BCUT2D eigenvalue weighted by atomic mass is 10.1. The number of alkyl halides is 3. The summed E-state index contributed by atoms with van der Waals surface area (Å²) in [4.78, 5) is 11.6. The first kappa shape index (κ1) is 14.7. The molecule has 0 aliphatic rings. The predicted octanol–water partition coefficient (Wildman–Crippen LogP) is 1.37. The quantitative estimate of drug-likeness (QED) is 0.893. The number of hydrogen-bond acceptors (Lipinski definition) is 3. The van der Waals surface area contributed by atoms with Gasteiger partial charge in [-0.1, -0.05) is 0 Å². The maximum atomic E-state index is 12.6. The third kappa shape index (κ3) is 3.11. The zero-order valence-corrected chi connectivity index (χ0v) is 10.1. The molecule has 0 aromatic carbocycles. The fraction of sp³-hybridized carbons (Fsp3) is 0.545. The Bertz CT molecular complexity index is 468. The van der Waals surface area contributed by atoms with Gasteiger partial charge in [-0.2, -0.15) is 13.2 Å². The van der Waals surface area contributed by atoms with Crippen LogP contribution in [-0.2, 0) is 11.3 Å². The van der Waals surface area contributed by atoms with Gasteiger partial charge in [-0.25, -0.2) is 0 Å². The van der Waals surface area contributed by atoms with Crippen molar-refractivity contribution in [1.82, 2.24) is 4.57 Å². The first-order valence-corrected chi connectivity index (χ1v) is 5.30. The van der Waals surface area contributed by atoms with E-state index in [9.17, 15) is 18.0 Å². The first-order chi connectivity index (χ1) is 8.29. The molecule has 0 saturated heterocycles. The highest BCUT2D eigenvalue weighted by molar-refractivity contribution is 5.24. The van der Waals surface area contributed by atoms with Gasteiger partial charge in [0.15, 0.2) is 0 Å². The van der Waals surface area contributed by atoms with Crippen molar-refractivity contribution in [2.75, 3.05) is 13.7 Å². The summed E-state index contributed by atoms with van der Waals surface area (Å²) >= 11 is 0. The summed E-state index contributed by atoms with van der Waals surface area (Å²) in [6.07, 6.45) is -4.53. The maximum absolute atomic E-state index is 12.6. The van der Waals surface area contributed by atoms with Crippen LogP contribution >= 0.6 is 0 Å². The van der Waals surface area contributed by atoms with Gasteiger partial charge in [0.25, 0.3) is 5.56 Å². The van der Waals surface area contributed by atoms with E-state index in [2.05, 4.69) is 0 Å². The van der Waals surface area contributed by atoms with E-state index in [0.29, 0.717) is 0 Å². The molecule has 1 rings (SSSR count). The molecule has 102 valence electrons. The number of pyridine rings is 1. The van der Waals surface area contributed by atoms with E-state index < -0.39 is 12.2 Å². The number of nitrogens with two attached hydrogens (primary N) is 1. The fourth-order valence-electron chi connectivity index (χ4n) is 1.66. The monoisotopic (exact) mass is 264 g/mol. The summed E-state index contributed by atoms with van der Waals surface area (Å²) in [6.45, 7) is 1.88. The van der Waals surface area contributed by atoms with E-state index in [4.69, 9.17) is 10.5 Å². The summed E-state index contributed by atoms with van der Waals surface area (Å²) in [5, 5.41) is 0. The van der Waals surface area contributed by atoms with Gasteiger partial charge in [-0.15, -0.1) is 0 Å². The summed E-state index contributed by atoms with van der Waals surface area (Å²) in [5.74, 6) is 0. The molecule has 1 aromatic rings. The molecule has 1 aromatic heterocycles. The Morgan fingerprint density at radius 1 is 1.44 bits per heavy atom. The highest BCUT2D eigenvalue weighted by Gasteiger charge is 2.39.